The maximum atomic E-state index is 11.7. The predicted molar refractivity (Wildman–Crippen MR) is 61.9 cm³/mol. The molecule has 0 saturated carbocycles. The van der Waals surface area contributed by atoms with E-state index in [0.717, 1.165) is 5.56 Å². The summed E-state index contributed by atoms with van der Waals surface area (Å²) in [4.78, 5) is 22.7. The van der Waals surface area contributed by atoms with E-state index in [1.807, 2.05) is 16.8 Å². The van der Waals surface area contributed by atoms with E-state index in [9.17, 15) is 9.59 Å². The number of carbonyl (C=O) groups excluding carboxylic acids is 2. The Bertz CT molecular complexity index is 365. The third kappa shape index (κ3) is 2.82. The summed E-state index contributed by atoms with van der Waals surface area (Å²) in [5.74, 6) is 0.00409. The average molecular weight is 238 g/mol. The van der Waals surface area contributed by atoms with Crippen LogP contribution < -0.4 is 10.6 Å². The lowest BCUT2D eigenvalue weighted by Crippen LogP contribution is -2.42. The second-order valence-corrected chi connectivity index (χ2v) is 4.67. The van der Waals surface area contributed by atoms with Gasteiger partial charge in [0, 0.05) is 19.5 Å². The van der Waals surface area contributed by atoms with Gasteiger partial charge >= 0.3 is 0 Å². The highest BCUT2D eigenvalue weighted by Gasteiger charge is 2.23. The van der Waals surface area contributed by atoms with Crippen molar-refractivity contribution >= 4 is 23.2 Å². The van der Waals surface area contributed by atoms with Gasteiger partial charge in [-0.15, -0.1) is 0 Å². The largest absolute Gasteiger partial charge is 0.355 e. The first kappa shape index (κ1) is 11.1. The van der Waals surface area contributed by atoms with Crippen LogP contribution in [0.1, 0.15) is 18.4 Å². The van der Waals surface area contributed by atoms with E-state index in [0.29, 0.717) is 25.9 Å². The van der Waals surface area contributed by atoms with E-state index in [1.165, 1.54) is 0 Å². The van der Waals surface area contributed by atoms with Crippen LogP contribution in [0.15, 0.2) is 16.8 Å². The third-order valence-electron chi connectivity index (χ3n) is 2.68. The first-order valence-electron chi connectivity index (χ1n) is 5.31. The summed E-state index contributed by atoms with van der Waals surface area (Å²) < 4.78 is 0. The Morgan fingerprint density at radius 3 is 3.12 bits per heavy atom. The molecule has 1 aliphatic heterocycles. The van der Waals surface area contributed by atoms with Gasteiger partial charge in [-0.2, -0.15) is 11.3 Å². The summed E-state index contributed by atoms with van der Waals surface area (Å²) in [5, 5.41) is 9.60. The molecule has 86 valence electrons. The number of carbonyl (C=O) groups is 2. The Morgan fingerprint density at radius 2 is 2.50 bits per heavy atom. The van der Waals surface area contributed by atoms with Crippen molar-refractivity contribution in [3.63, 3.8) is 0 Å². The zero-order valence-corrected chi connectivity index (χ0v) is 9.68. The van der Waals surface area contributed by atoms with Crippen molar-refractivity contribution in [2.75, 3.05) is 6.54 Å². The highest BCUT2D eigenvalue weighted by atomic mass is 32.1. The molecule has 2 N–H and O–H groups in total. The van der Waals surface area contributed by atoms with Crippen LogP contribution in [0.5, 0.6) is 0 Å². The van der Waals surface area contributed by atoms with Crippen molar-refractivity contribution in [1.29, 1.82) is 0 Å². The van der Waals surface area contributed by atoms with E-state index >= 15 is 0 Å². The molecule has 2 rings (SSSR count). The van der Waals surface area contributed by atoms with Gasteiger partial charge in [-0.1, -0.05) is 0 Å². The minimum atomic E-state index is -0.0728. The second-order valence-electron chi connectivity index (χ2n) is 3.89. The summed E-state index contributed by atoms with van der Waals surface area (Å²) in [6.45, 7) is 1.04. The summed E-state index contributed by atoms with van der Waals surface area (Å²) >= 11 is 1.62. The lowest BCUT2D eigenvalue weighted by atomic mass is 9.98. The Labute approximate surface area is 98.0 Å². The molecule has 1 unspecified atom stereocenters. The molecule has 2 amide bonds. The average Bonchev–Trinajstić information content (AvgIpc) is 2.80. The number of hydrogen-bond acceptors (Lipinski definition) is 3. The van der Waals surface area contributed by atoms with Crippen LogP contribution in [-0.4, -0.2) is 18.4 Å². The van der Waals surface area contributed by atoms with Crippen molar-refractivity contribution in [2.45, 2.75) is 19.4 Å². The van der Waals surface area contributed by atoms with Gasteiger partial charge in [0.25, 0.3) is 0 Å². The molecule has 1 aliphatic rings. The van der Waals surface area contributed by atoms with Crippen LogP contribution in [0.3, 0.4) is 0 Å². The third-order valence-corrected chi connectivity index (χ3v) is 3.42. The normalized spacial score (nSPS) is 20.2. The van der Waals surface area contributed by atoms with Crippen LogP contribution in [-0.2, 0) is 16.1 Å². The van der Waals surface area contributed by atoms with Gasteiger partial charge in [-0.3, -0.25) is 9.59 Å². The number of amides is 2. The number of rotatable bonds is 3. The van der Waals surface area contributed by atoms with Crippen molar-refractivity contribution < 1.29 is 9.59 Å². The quantitative estimate of drug-likeness (QED) is 0.821. The smallest absolute Gasteiger partial charge is 0.225 e. The molecule has 0 aliphatic carbocycles. The molecule has 0 bridgehead atoms. The summed E-state index contributed by atoms with van der Waals surface area (Å²) in [7, 11) is 0. The predicted octanol–water partition coefficient (Wildman–Crippen LogP) is 0.890. The summed E-state index contributed by atoms with van der Waals surface area (Å²) in [6, 6.07) is 1.99. The number of piperidine rings is 1. The van der Waals surface area contributed by atoms with Crippen LogP contribution in [0.25, 0.3) is 0 Å². The summed E-state index contributed by atoms with van der Waals surface area (Å²) in [5.41, 5.74) is 1.12. The van der Waals surface area contributed by atoms with Crippen LogP contribution in [0, 0.1) is 5.92 Å². The standard InChI is InChI=1S/C11H14N2O2S/c14-10-2-1-9(6-12-10)11(15)13-5-8-3-4-16-7-8/h3-4,7,9H,1-2,5-6H2,(H,12,14)(H,13,15). The lowest BCUT2D eigenvalue weighted by molar-refractivity contribution is -0.129. The highest BCUT2D eigenvalue weighted by molar-refractivity contribution is 7.07. The molecule has 1 fully saturated rings. The fourth-order valence-electron chi connectivity index (χ4n) is 1.68. The molecule has 4 nitrogen and oxygen atoms in total. The van der Waals surface area contributed by atoms with Crippen molar-refractivity contribution in [2.24, 2.45) is 5.92 Å². The molecule has 1 aromatic rings. The van der Waals surface area contributed by atoms with Gasteiger partial charge in [0.2, 0.25) is 11.8 Å². The molecular weight excluding hydrogens is 224 g/mol. The van der Waals surface area contributed by atoms with Crippen molar-refractivity contribution in [3.05, 3.63) is 22.4 Å². The Kier molecular flexibility index (Phi) is 3.56. The van der Waals surface area contributed by atoms with E-state index in [2.05, 4.69) is 10.6 Å². The van der Waals surface area contributed by atoms with Crippen molar-refractivity contribution in [3.8, 4) is 0 Å². The molecule has 1 atom stereocenters. The number of nitrogens with one attached hydrogen (secondary N) is 2. The van der Waals surface area contributed by atoms with Gasteiger partial charge in [-0.05, 0) is 28.8 Å². The van der Waals surface area contributed by atoms with Gasteiger partial charge < -0.3 is 10.6 Å². The van der Waals surface area contributed by atoms with E-state index in [1.54, 1.807) is 11.3 Å². The van der Waals surface area contributed by atoms with Gasteiger partial charge in [0.1, 0.15) is 0 Å². The van der Waals surface area contributed by atoms with Crippen LogP contribution in [0.2, 0.25) is 0 Å². The first-order valence-corrected chi connectivity index (χ1v) is 6.25. The van der Waals surface area contributed by atoms with Crippen LogP contribution >= 0.6 is 11.3 Å². The second kappa shape index (κ2) is 5.12. The maximum absolute atomic E-state index is 11.7. The summed E-state index contributed by atoms with van der Waals surface area (Å²) in [6.07, 6.45) is 1.11. The molecule has 2 heterocycles. The monoisotopic (exact) mass is 238 g/mol. The maximum Gasteiger partial charge on any atom is 0.225 e. The van der Waals surface area contributed by atoms with E-state index in [4.69, 9.17) is 0 Å². The van der Waals surface area contributed by atoms with Crippen LogP contribution in [0.4, 0.5) is 0 Å². The fraction of sp³-hybridized carbons (Fsp3) is 0.455. The topological polar surface area (TPSA) is 58.2 Å². The van der Waals surface area contributed by atoms with Gasteiger partial charge in [0.15, 0.2) is 0 Å². The minimum absolute atomic E-state index is 0.0335. The molecule has 16 heavy (non-hydrogen) atoms. The molecular formula is C11H14N2O2S. The van der Waals surface area contributed by atoms with E-state index in [-0.39, 0.29) is 17.7 Å². The Balaban J connectivity index is 1.77. The molecule has 1 saturated heterocycles. The molecule has 1 aromatic heterocycles. The minimum Gasteiger partial charge on any atom is -0.355 e. The molecule has 5 heteroatoms. The number of hydrogen-bond donors (Lipinski definition) is 2. The van der Waals surface area contributed by atoms with Crippen molar-refractivity contribution in [1.82, 2.24) is 10.6 Å². The lowest BCUT2D eigenvalue weighted by Gasteiger charge is -2.21. The Morgan fingerprint density at radius 1 is 1.62 bits per heavy atom. The van der Waals surface area contributed by atoms with Gasteiger partial charge in [-0.25, -0.2) is 0 Å². The Hall–Kier alpha value is -1.36. The highest BCUT2D eigenvalue weighted by Crippen LogP contribution is 2.11. The fourth-order valence-corrected chi connectivity index (χ4v) is 2.35. The number of thiophene rings is 1. The molecule has 0 aromatic carbocycles. The molecule has 0 radical (unpaired) electrons. The van der Waals surface area contributed by atoms with Gasteiger partial charge in [0.05, 0.1) is 5.92 Å². The SMILES string of the molecule is O=C1CCC(C(=O)NCc2ccsc2)CN1. The first-order chi connectivity index (χ1) is 7.75. The zero-order valence-electron chi connectivity index (χ0n) is 8.86. The zero-order chi connectivity index (χ0) is 11.4. The van der Waals surface area contributed by atoms with E-state index < -0.39 is 0 Å². The molecule has 0 spiro atoms.